The van der Waals surface area contributed by atoms with Crippen LogP contribution in [0.5, 0.6) is 0 Å². The Kier molecular flexibility index (Phi) is 4.87. The van der Waals surface area contributed by atoms with Gasteiger partial charge in [0, 0.05) is 37.1 Å². The zero-order chi connectivity index (χ0) is 22.6. The zero-order valence-electron chi connectivity index (χ0n) is 18.2. The number of rotatable bonds is 3. The summed E-state index contributed by atoms with van der Waals surface area (Å²) in [4.78, 5) is 11.6. The van der Waals surface area contributed by atoms with Crippen molar-refractivity contribution >= 4 is 28.6 Å². The van der Waals surface area contributed by atoms with Crippen molar-refractivity contribution in [3.63, 3.8) is 0 Å². The van der Waals surface area contributed by atoms with Crippen molar-refractivity contribution in [3.05, 3.63) is 76.6 Å². The summed E-state index contributed by atoms with van der Waals surface area (Å²) in [7, 11) is 0. The molecule has 1 saturated heterocycles. The van der Waals surface area contributed by atoms with E-state index in [1.54, 1.807) is 16.9 Å². The minimum atomic E-state index is -0.120. The summed E-state index contributed by atoms with van der Waals surface area (Å²) in [6, 6.07) is 14.1. The van der Waals surface area contributed by atoms with E-state index in [9.17, 15) is 5.11 Å². The molecular weight excluding hydrogens is 436 g/mol. The van der Waals surface area contributed by atoms with Gasteiger partial charge in [-0.1, -0.05) is 48.0 Å². The molecule has 3 heterocycles. The number of hydrogen-bond acceptors (Lipinski definition) is 6. The fraction of sp³-hybridized carbons (Fsp3) is 0.320. The van der Waals surface area contributed by atoms with Crippen LogP contribution >= 0.6 is 11.6 Å². The van der Waals surface area contributed by atoms with Crippen LogP contribution in [-0.2, 0) is 13.0 Å². The predicted molar refractivity (Wildman–Crippen MR) is 129 cm³/mol. The van der Waals surface area contributed by atoms with Crippen LogP contribution < -0.4 is 10.6 Å². The van der Waals surface area contributed by atoms with Crippen molar-refractivity contribution in [2.45, 2.75) is 31.9 Å². The lowest BCUT2D eigenvalue weighted by atomic mass is 9.73. The van der Waals surface area contributed by atoms with Crippen LogP contribution in [-0.4, -0.2) is 37.9 Å². The van der Waals surface area contributed by atoms with Crippen LogP contribution in [0, 0.1) is 5.41 Å². The molecule has 1 spiro atoms. The normalized spacial score (nSPS) is 19.4. The van der Waals surface area contributed by atoms with Gasteiger partial charge in [0.1, 0.15) is 0 Å². The molecule has 1 fully saturated rings. The Morgan fingerprint density at radius 1 is 1.12 bits per heavy atom. The Morgan fingerprint density at radius 2 is 1.94 bits per heavy atom. The summed E-state index contributed by atoms with van der Waals surface area (Å²) in [6.45, 7) is 1.62. The first-order valence-corrected chi connectivity index (χ1v) is 11.7. The van der Waals surface area contributed by atoms with Crippen LogP contribution in [0.4, 0.5) is 5.95 Å². The van der Waals surface area contributed by atoms with Gasteiger partial charge in [-0.3, -0.25) is 0 Å². The van der Waals surface area contributed by atoms with Crippen molar-refractivity contribution in [2.75, 3.05) is 18.0 Å². The van der Waals surface area contributed by atoms with E-state index in [0.29, 0.717) is 27.9 Å². The number of benzene rings is 2. The molecule has 7 nitrogen and oxygen atoms in total. The Bertz CT molecular complexity index is 1340. The molecule has 0 unspecified atom stereocenters. The molecule has 0 amide bonds. The number of aliphatic hydroxyl groups is 1. The zero-order valence-corrected chi connectivity index (χ0v) is 18.9. The van der Waals surface area contributed by atoms with Gasteiger partial charge in [-0.25, -0.2) is 9.67 Å². The number of nitrogens with zero attached hydrogens (tertiary/aromatic N) is 5. The summed E-state index contributed by atoms with van der Waals surface area (Å²) in [5.74, 6) is 0.688. The van der Waals surface area contributed by atoms with Crippen LogP contribution in [0.15, 0.2) is 54.9 Å². The third kappa shape index (κ3) is 3.30. The molecule has 33 heavy (non-hydrogen) atoms. The van der Waals surface area contributed by atoms with Crippen molar-refractivity contribution in [1.29, 1.82) is 0 Å². The van der Waals surface area contributed by atoms with Gasteiger partial charge in [0.25, 0.3) is 0 Å². The van der Waals surface area contributed by atoms with E-state index in [1.165, 1.54) is 11.1 Å². The van der Waals surface area contributed by atoms with Gasteiger partial charge in [0.2, 0.25) is 5.95 Å². The van der Waals surface area contributed by atoms with Gasteiger partial charge < -0.3 is 15.7 Å². The molecule has 3 N–H and O–H groups in total. The third-order valence-corrected chi connectivity index (χ3v) is 7.66. The number of hydrogen-bond donors (Lipinski definition) is 2. The number of aliphatic hydroxyl groups excluding tert-OH is 1. The first-order valence-electron chi connectivity index (χ1n) is 11.3. The first kappa shape index (κ1) is 20.6. The van der Waals surface area contributed by atoms with Crippen molar-refractivity contribution in [3.8, 4) is 5.69 Å². The molecule has 2 aliphatic rings. The molecule has 0 bridgehead atoms. The largest absolute Gasteiger partial charge is 0.392 e. The minimum absolute atomic E-state index is 0.0892. The second-order valence-electron chi connectivity index (χ2n) is 9.13. The number of fused-ring (bicyclic) bond motifs is 2. The van der Waals surface area contributed by atoms with Crippen molar-refractivity contribution < 1.29 is 5.11 Å². The van der Waals surface area contributed by atoms with Gasteiger partial charge in [-0.15, -0.1) is 5.10 Å². The van der Waals surface area contributed by atoms with Gasteiger partial charge in [0.05, 0.1) is 22.7 Å². The number of aromatic nitrogens is 4. The molecule has 0 radical (unpaired) electrons. The lowest BCUT2D eigenvalue weighted by molar-refractivity contribution is 0.187. The molecule has 2 aromatic heterocycles. The first-order chi connectivity index (χ1) is 16.1. The van der Waals surface area contributed by atoms with E-state index in [0.717, 1.165) is 37.7 Å². The Morgan fingerprint density at radius 3 is 2.73 bits per heavy atom. The Labute approximate surface area is 196 Å². The van der Waals surface area contributed by atoms with Crippen LogP contribution in [0.25, 0.3) is 16.7 Å². The molecule has 1 atom stereocenters. The van der Waals surface area contributed by atoms with Crippen LogP contribution in [0.3, 0.4) is 0 Å². The van der Waals surface area contributed by atoms with Crippen molar-refractivity contribution in [1.82, 2.24) is 19.7 Å². The van der Waals surface area contributed by atoms with Crippen LogP contribution in [0.1, 0.15) is 35.6 Å². The number of anilines is 1. The molecule has 2 aromatic carbocycles. The van der Waals surface area contributed by atoms with E-state index in [1.807, 2.05) is 18.3 Å². The second kappa shape index (κ2) is 7.80. The number of piperidine rings is 1. The molecule has 1 aliphatic carbocycles. The maximum absolute atomic E-state index is 9.71. The monoisotopic (exact) mass is 460 g/mol. The highest BCUT2D eigenvalue weighted by Crippen LogP contribution is 2.50. The second-order valence-corrected chi connectivity index (χ2v) is 9.54. The standard InChI is InChI=1S/C25H25ClN6O/c26-20-7-3-5-17(15-33)21(20)32-14-18-13-28-24(29-23(18)30-32)31-10-8-25(9-11-31)12-16-4-1-2-6-19(16)22(25)27/h1-7,13-14,22,33H,8-12,15,27H2/t22-/m1/s1. The van der Waals surface area contributed by atoms with Crippen molar-refractivity contribution in [2.24, 2.45) is 11.1 Å². The molecular formula is C25H25ClN6O. The fourth-order valence-electron chi connectivity index (χ4n) is 5.48. The van der Waals surface area contributed by atoms with E-state index < -0.39 is 0 Å². The average molecular weight is 461 g/mol. The quantitative estimate of drug-likeness (QED) is 0.483. The highest BCUT2D eigenvalue weighted by molar-refractivity contribution is 6.32. The summed E-state index contributed by atoms with van der Waals surface area (Å²) < 4.78 is 1.68. The Hall–Kier alpha value is -3.00. The summed E-state index contributed by atoms with van der Waals surface area (Å²) >= 11 is 6.40. The van der Waals surface area contributed by atoms with E-state index in [-0.39, 0.29) is 18.1 Å². The molecule has 0 saturated carbocycles. The lowest BCUT2D eigenvalue weighted by Gasteiger charge is -2.42. The molecule has 6 rings (SSSR count). The smallest absolute Gasteiger partial charge is 0.227 e. The highest BCUT2D eigenvalue weighted by Gasteiger charge is 2.46. The molecule has 1 aliphatic heterocycles. The van der Waals surface area contributed by atoms with Gasteiger partial charge in [0.15, 0.2) is 5.65 Å². The summed E-state index contributed by atoms with van der Waals surface area (Å²) in [6.07, 6.45) is 6.72. The Balaban J connectivity index is 1.25. The topological polar surface area (TPSA) is 93.1 Å². The van der Waals surface area contributed by atoms with E-state index in [4.69, 9.17) is 22.3 Å². The third-order valence-electron chi connectivity index (χ3n) is 7.35. The minimum Gasteiger partial charge on any atom is -0.392 e. The fourth-order valence-corrected chi connectivity index (χ4v) is 5.76. The predicted octanol–water partition coefficient (Wildman–Crippen LogP) is 3.80. The lowest BCUT2D eigenvalue weighted by Crippen LogP contribution is -2.44. The van der Waals surface area contributed by atoms with E-state index >= 15 is 0 Å². The number of para-hydroxylation sites is 1. The molecule has 168 valence electrons. The van der Waals surface area contributed by atoms with Crippen LogP contribution in [0.2, 0.25) is 5.02 Å². The number of halogens is 1. The average Bonchev–Trinajstić information content (AvgIpc) is 3.38. The van der Waals surface area contributed by atoms with E-state index in [2.05, 4.69) is 39.2 Å². The summed E-state index contributed by atoms with van der Waals surface area (Å²) in [5, 5.41) is 15.7. The summed E-state index contributed by atoms with van der Waals surface area (Å²) in [5.41, 5.74) is 11.5. The maximum atomic E-state index is 9.71. The SMILES string of the molecule is N[C@@H]1c2ccccc2CC12CCN(c1ncc3cn(-c4c(Cl)cccc4CO)nc3n1)CC2. The number of nitrogens with two attached hydrogens (primary N) is 1. The van der Waals surface area contributed by atoms with Gasteiger partial charge in [-0.2, -0.15) is 4.98 Å². The molecule has 4 aromatic rings. The molecule has 8 heteroatoms. The highest BCUT2D eigenvalue weighted by atomic mass is 35.5. The van der Waals surface area contributed by atoms with Gasteiger partial charge in [-0.05, 0) is 41.9 Å². The maximum Gasteiger partial charge on any atom is 0.227 e. The van der Waals surface area contributed by atoms with Gasteiger partial charge >= 0.3 is 0 Å².